The van der Waals surface area contributed by atoms with E-state index in [0.717, 1.165) is 43.7 Å². The molecule has 152 valence electrons. The molecule has 1 N–H and O–H groups in total. The van der Waals surface area contributed by atoms with Crippen LogP contribution >= 0.6 is 12.4 Å². The van der Waals surface area contributed by atoms with Crippen LogP contribution in [0.15, 0.2) is 55.0 Å². The molecular weight excluding hydrogens is 390 g/mol. The van der Waals surface area contributed by atoms with Gasteiger partial charge in [-0.15, -0.1) is 17.5 Å². The van der Waals surface area contributed by atoms with Crippen molar-refractivity contribution in [3.8, 4) is 5.69 Å². The molecule has 8 nitrogen and oxygen atoms in total. The Morgan fingerprint density at radius 2 is 2.10 bits per heavy atom. The Morgan fingerprint density at radius 1 is 1.17 bits per heavy atom. The summed E-state index contributed by atoms with van der Waals surface area (Å²) >= 11 is 0. The molecule has 0 aliphatic carbocycles. The number of hydrogen-bond donors (Lipinski definition) is 1. The van der Waals surface area contributed by atoms with Crippen LogP contribution in [0.1, 0.15) is 35.3 Å². The van der Waals surface area contributed by atoms with Gasteiger partial charge in [0.1, 0.15) is 6.33 Å². The number of amides is 1. The van der Waals surface area contributed by atoms with Crippen LogP contribution in [-0.2, 0) is 6.54 Å². The Morgan fingerprint density at radius 3 is 2.90 bits per heavy atom. The number of nitrogens with zero attached hydrogens (tertiary/aromatic N) is 6. The molecule has 29 heavy (non-hydrogen) atoms. The van der Waals surface area contributed by atoms with Gasteiger partial charge in [-0.25, -0.2) is 4.68 Å². The number of aromatic nitrogens is 5. The van der Waals surface area contributed by atoms with Crippen molar-refractivity contribution in [2.24, 2.45) is 0 Å². The number of halogens is 1. The van der Waals surface area contributed by atoms with E-state index in [9.17, 15) is 4.79 Å². The minimum atomic E-state index is 0. The second-order valence-electron chi connectivity index (χ2n) is 6.89. The largest absolute Gasteiger partial charge is 0.330 e. The van der Waals surface area contributed by atoms with Crippen LogP contribution in [-0.4, -0.2) is 55.1 Å². The number of nitrogens with one attached hydrogen (secondary N) is 1. The first-order chi connectivity index (χ1) is 13.8. The highest BCUT2D eigenvalue weighted by atomic mass is 35.5. The van der Waals surface area contributed by atoms with E-state index < -0.39 is 0 Å². The van der Waals surface area contributed by atoms with Crippen LogP contribution in [0.2, 0.25) is 0 Å². The van der Waals surface area contributed by atoms with Gasteiger partial charge in [0.2, 0.25) is 0 Å². The van der Waals surface area contributed by atoms with Gasteiger partial charge < -0.3 is 10.2 Å². The standard InChI is InChI=1S/C20H23N7O.ClH/c28-20(16-5-3-7-19(13-16)27-15-23-24-25-27)26(14-17-6-1-2-11-22-17)18-8-4-10-21-12-9-18;/h1-3,5-7,11,13,15,18,21H,4,8-10,12,14H2;1H. The summed E-state index contributed by atoms with van der Waals surface area (Å²) in [7, 11) is 0. The van der Waals surface area contributed by atoms with E-state index >= 15 is 0 Å². The Kier molecular flexibility index (Phi) is 7.26. The second-order valence-corrected chi connectivity index (χ2v) is 6.89. The lowest BCUT2D eigenvalue weighted by atomic mass is 10.0. The van der Waals surface area contributed by atoms with E-state index in [1.54, 1.807) is 10.9 Å². The molecule has 1 saturated heterocycles. The van der Waals surface area contributed by atoms with Crippen LogP contribution in [0, 0.1) is 0 Å². The van der Waals surface area contributed by atoms with Gasteiger partial charge in [0.25, 0.3) is 5.91 Å². The molecule has 1 aliphatic rings. The first kappa shape index (κ1) is 20.9. The normalized spacial score (nSPS) is 16.5. The number of tetrazole rings is 1. The molecule has 0 saturated carbocycles. The highest BCUT2D eigenvalue weighted by molar-refractivity contribution is 5.95. The zero-order valence-corrected chi connectivity index (χ0v) is 16.8. The van der Waals surface area contributed by atoms with Crippen LogP contribution < -0.4 is 5.32 Å². The van der Waals surface area contributed by atoms with E-state index in [4.69, 9.17) is 0 Å². The molecular formula is C20H24ClN7O. The molecule has 4 rings (SSSR count). The molecule has 1 unspecified atom stereocenters. The van der Waals surface area contributed by atoms with Crippen molar-refractivity contribution in [3.05, 3.63) is 66.2 Å². The minimum absolute atomic E-state index is 0. The van der Waals surface area contributed by atoms with Gasteiger partial charge in [0.05, 0.1) is 17.9 Å². The molecule has 3 aromatic rings. The maximum absolute atomic E-state index is 13.5. The summed E-state index contributed by atoms with van der Waals surface area (Å²) in [6.07, 6.45) is 6.27. The van der Waals surface area contributed by atoms with Crippen LogP contribution in [0.25, 0.3) is 5.69 Å². The number of carbonyl (C=O) groups excluding carboxylic acids is 1. The van der Waals surface area contributed by atoms with E-state index in [0.29, 0.717) is 12.1 Å². The van der Waals surface area contributed by atoms with Gasteiger partial charge in [-0.3, -0.25) is 9.78 Å². The van der Waals surface area contributed by atoms with E-state index in [-0.39, 0.29) is 24.4 Å². The van der Waals surface area contributed by atoms with Crippen molar-refractivity contribution in [1.82, 2.24) is 35.4 Å². The number of hydrogen-bond acceptors (Lipinski definition) is 6. The third-order valence-electron chi connectivity index (χ3n) is 5.01. The van der Waals surface area contributed by atoms with Gasteiger partial charge in [0, 0.05) is 17.8 Å². The third kappa shape index (κ3) is 5.16. The SMILES string of the molecule is Cl.O=C(c1cccc(-n2cnnn2)c1)N(Cc1ccccn1)C1CCCNCC1. The lowest BCUT2D eigenvalue weighted by Gasteiger charge is -2.31. The van der Waals surface area contributed by atoms with Gasteiger partial charge in [-0.2, -0.15) is 0 Å². The molecule has 0 radical (unpaired) electrons. The Hall–Kier alpha value is -2.84. The molecule has 3 heterocycles. The van der Waals surface area contributed by atoms with Gasteiger partial charge >= 0.3 is 0 Å². The smallest absolute Gasteiger partial charge is 0.254 e. The maximum Gasteiger partial charge on any atom is 0.254 e. The second kappa shape index (κ2) is 10.1. The highest BCUT2D eigenvalue weighted by Crippen LogP contribution is 2.20. The molecule has 1 aliphatic heterocycles. The molecule has 2 aromatic heterocycles. The van der Waals surface area contributed by atoms with Crippen LogP contribution in [0.4, 0.5) is 0 Å². The van der Waals surface area contributed by atoms with Gasteiger partial charge in [-0.1, -0.05) is 12.1 Å². The lowest BCUT2D eigenvalue weighted by molar-refractivity contribution is 0.0642. The van der Waals surface area contributed by atoms with Crippen molar-refractivity contribution in [2.75, 3.05) is 13.1 Å². The minimum Gasteiger partial charge on any atom is -0.330 e. The summed E-state index contributed by atoms with van der Waals surface area (Å²) in [4.78, 5) is 19.9. The zero-order valence-electron chi connectivity index (χ0n) is 16.0. The highest BCUT2D eigenvalue weighted by Gasteiger charge is 2.26. The molecule has 9 heteroatoms. The lowest BCUT2D eigenvalue weighted by Crippen LogP contribution is -2.40. The summed E-state index contributed by atoms with van der Waals surface area (Å²) in [5, 5.41) is 14.7. The van der Waals surface area contributed by atoms with Crippen molar-refractivity contribution in [3.63, 3.8) is 0 Å². The number of rotatable bonds is 5. The van der Waals surface area contributed by atoms with Gasteiger partial charge in [-0.05, 0) is 73.1 Å². The van der Waals surface area contributed by atoms with E-state index in [1.165, 1.54) is 6.33 Å². The third-order valence-corrected chi connectivity index (χ3v) is 5.01. The van der Waals surface area contributed by atoms with Crippen molar-refractivity contribution in [2.45, 2.75) is 31.8 Å². The monoisotopic (exact) mass is 413 g/mol. The zero-order chi connectivity index (χ0) is 19.2. The van der Waals surface area contributed by atoms with Crippen LogP contribution in [0.5, 0.6) is 0 Å². The van der Waals surface area contributed by atoms with Crippen molar-refractivity contribution in [1.29, 1.82) is 0 Å². The van der Waals surface area contributed by atoms with Crippen LogP contribution in [0.3, 0.4) is 0 Å². The predicted octanol–water partition coefficient (Wildman–Crippen LogP) is 2.26. The van der Waals surface area contributed by atoms with Crippen molar-refractivity contribution >= 4 is 18.3 Å². The average Bonchev–Trinajstić information content (AvgIpc) is 3.16. The average molecular weight is 414 g/mol. The number of benzene rings is 1. The number of carbonyl (C=O) groups is 1. The summed E-state index contributed by atoms with van der Waals surface area (Å²) in [5.41, 5.74) is 2.28. The Bertz CT molecular complexity index is 896. The van der Waals surface area contributed by atoms with E-state index in [2.05, 4.69) is 25.8 Å². The van der Waals surface area contributed by atoms with Gasteiger partial charge in [0.15, 0.2) is 0 Å². The molecule has 1 amide bonds. The maximum atomic E-state index is 13.5. The Balaban J connectivity index is 0.00000240. The topological polar surface area (TPSA) is 88.8 Å². The molecule has 0 bridgehead atoms. The first-order valence-corrected chi connectivity index (χ1v) is 9.56. The van der Waals surface area contributed by atoms with Crippen molar-refractivity contribution < 1.29 is 4.79 Å². The summed E-state index contributed by atoms with van der Waals surface area (Å²) in [6.45, 7) is 2.41. The predicted molar refractivity (Wildman–Crippen MR) is 111 cm³/mol. The first-order valence-electron chi connectivity index (χ1n) is 9.56. The molecule has 1 aromatic carbocycles. The molecule has 1 atom stereocenters. The fraction of sp³-hybridized carbons (Fsp3) is 0.350. The quantitative estimate of drug-likeness (QED) is 0.690. The molecule has 0 spiro atoms. The Labute approximate surface area is 175 Å². The fourth-order valence-electron chi connectivity index (χ4n) is 3.57. The van der Waals surface area contributed by atoms with E-state index in [1.807, 2.05) is 47.4 Å². The number of pyridine rings is 1. The fourth-order valence-corrected chi connectivity index (χ4v) is 3.57. The summed E-state index contributed by atoms with van der Waals surface area (Å²) in [5.74, 6) is 0.00692. The summed E-state index contributed by atoms with van der Waals surface area (Å²) < 4.78 is 1.55. The molecule has 1 fully saturated rings. The summed E-state index contributed by atoms with van der Waals surface area (Å²) in [6, 6.07) is 13.4.